The number of rotatable bonds is 5. The third-order valence-corrected chi connectivity index (χ3v) is 7.93. The van der Waals surface area contributed by atoms with E-state index in [0.29, 0.717) is 22.5 Å². The van der Waals surface area contributed by atoms with Gasteiger partial charge in [0.2, 0.25) is 0 Å². The first-order valence-electron chi connectivity index (χ1n) is 10.6. The number of esters is 2. The standard InChI is InChI=1S/C24H29N2O4P/c1-23-10-12-24(14-31,13-11-23)20(30-22(28)16-4-8-18(26)9-5-16)19(23)29-21(27)15-2-6-17(25)7-3-15/h2-9,19-20H,10-14,25-26,31H2,1H3. The molecule has 0 radical (unpaired) electrons. The smallest absolute Gasteiger partial charge is 0.338 e. The zero-order chi connectivity index (χ0) is 22.2. The van der Waals surface area contributed by atoms with E-state index in [1.807, 2.05) is 0 Å². The van der Waals surface area contributed by atoms with Crippen molar-refractivity contribution in [2.24, 2.45) is 10.8 Å². The molecular weight excluding hydrogens is 411 g/mol. The summed E-state index contributed by atoms with van der Waals surface area (Å²) < 4.78 is 12.2. The molecule has 31 heavy (non-hydrogen) atoms. The minimum absolute atomic E-state index is 0.224. The van der Waals surface area contributed by atoms with Crippen LogP contribution in [0.25, 0.3) is 0 Å². The van der Waals surface area contributed by atoms with Crippen LogP contribution in [0.15, 0.2) is 48.5 Å². The van der Waals surface area contributed by atoms with Crippen molar-refractivity contribution in [1.82, 2.24) is 0 Å². The summed E-state index contributed by atoms with van der Waals surface area (Å²) in [4.78, 5) is 25.9. The lowest BCUT2D eigenvalue weighted by atomic mass is 9.52. The van der Waals surface area contributed by atoms with Gasteiger partial charge >= 0.3 is 11.9 Å². The highest BCUT2D eigenvalue weighted by Crippen LogP contribution is 2.59. The Kier molecular flexibility index (Phi) is 5.69. The van der Waals surface area contributed by atoms with Crippen molar-refractivity contribution in [2.45, 2.75) is 44.8 Å². The van der Waals surface area contributed by atoms with Gasteiger partial charge in [0.1, 0.15) is 12.2 Å². The molecule has 2 bridgehead atoms. The Morgan fingerprint density at radius 3 is 1.68 bits per heavy atom. The lowest BCUT2D eigenvalue weighted by molar-refractivity contribution is -0.190. The maximum atomic E-state index is 13.0. The van der Waals surface area contributed by atoms with E-state index in [9.17, 15) is 9.59 Å². The first kappa shape index (κ1) is 21.6. The second-order valence-corrected chi connectivity index (χ2v) is 9.52. The van der Waals surface area contributed by atoms with Crippen LogP contribution >= 0.6 is 9.24 Å². The topological polar surface area (TPSA) is 105 Å². The molecular formula is C24H29N2O4P. The first-order valence-corrected chi connectivity index (χ1v) is 11.4. The third-order valence-electron chi connectivity index (χ3n) is 7.12. The molecule has 3 aliphatic carbocycles. The van der Waals surface area contributed by atoms with Crippen molar-refractivity contribution in [2.75, 3.05) is 17.6 Å². The van der Waals surface area contributed by atoms with E-state index in [1.54, 1.807) is 48.5 Å². The Labute approximate surface area is 184 Å². The number of anilines is 2. The molecule has 0 heterocycles. The highest BCUT2D eigenvalue weighted by molar-refractivity contribution is 7.16. The molecule has 4 N–H and O–H groups in total. The van der Waals surface area contributed by atoms with E-state index < -0.39 is 24.1 Å². The van der Waals surface area contributed by atoms with Gasteiger partial charge in [-0.25, -0.2) is 9.59 Å². The van der Waals surface area contributed by atoms with Crippen LogP contribution in [-0.2, 0) is 9.47 Å². The molecule has 164 valence electrons. The van der Waals surface area contributed by atoms with Gasteiger partial charge in [-0.2, -0.15) is 0 Å². The number of hydrogen-bond acceptors (Lipinski definition) is 6. The van der Waals surface area contributed by atoms with Crippen LogP contribution < -0.4 is 11.5 Å². The van der Waals surface area contributed by atoms with Gasteiger partial charge in [-0.3, -0.25) is 0 Å². The SMILES string of the molecule is CC12CCC(CP)(CC1)C(OC(=O)c1ccc(N)cc1)C2OC(=O)c1ccc(N)cc1. The molecule has 2 aromatic carbocycles. The molecule has 0 aliphatic heterocycles. The number of nitrogens with two attached hydrogens (primary N) is 2. The van der Waals surface area contributed by atoms with E-state index >= 15 is 0 Å². The predicted octanol–water partition coefficient (Wildman–Crippen LogP) is 4.06. The van der Waals surface area contributed by atoms with Crippen LogP contribution in [0.1, 0.15) is 53.3 Å². The number of hydrogen-bond donors (Lipinski definition) is 2. The van der Waals surface area contributed by atoms with Crippen LogP contribution in [0.2, 0.25) is 0 Å². The number of nitrogen functional groups attached to an aromatic ring is 2. The quantitative estimate of drug-likeness (QED) is 0.413. The second kappa shape index (κ2) is 8.16. The molecule has 0 aromatic heterocycles. The first-order chi connectivity index (χ1) is 14.8. The lowest BCUT2D eigenvalue weighted by Gasteiger charge is -2.59. The molecule has 3 aliphatic rings. The van der Waals surface area contributed by atoms with Gasteiger partial charge in [-0.1, -0.05) is 6.92 Å². The monoisotopic (exact) mass is 440 g/mol. The maximum absolute atomic E-state index is 13.0. The van der Waals surface area contributed by atoms with E-state index in [-0.39, 0.29) is 10.8 Å². The van der Waals surface area contributed by atoms with E-state index in [4.69, 9.17) is 20.9 Å². The number of carbonyl (C=O) groups excluding carboxylic acids is 2. The molecule has 7 heteroatoms. The zero-order valence-electron chi connectivity index (χ0n) is 17.7. The number of ether oxygens (including phenoxy) is 2. The minimum Gasteiger partial charge on any atom is -0.454 e. The summed E-state index contributed by atoms with van der Waals surface area (Å²) >= 11 is 0. The number of carbonyl (C=O) groups is 2. The summed E-state index contributed by atoms with van der Waals surface area (Å²) in [6.07, 6.45) is 3.47. The molecule has 0 spiro atoms. The minimum atomic E-state index is -0.515. The Morgan fingerprint density at radius 1 is 0.839 bits per heavy atom. The summed E-state index contributed by atoms with van der Waals surface area (Å²) in [5.74, 6) is -0.848. The van der Waals surface area contributed by atoms with Gasteiger partial charge in [0.05, 0.1) is 11.1 Å². The fourth-order valence-electron chi connectivity index (χ4n) is 4.89. The fraction of sp³-hybridized carbons (Fsp3) is 0.417. The van der Waals surface area contributed by atoms with Crippen molar-refractivity contribution in [3.8, 4) is 0 Å². The Bertz CT molecular complexity index is 966. The highest BCUT2D eigenvalue weighted by Gasteiger charge is 2.61. The number of fused-ring (bicyclic) bond motifs is 3. The molecule has 2 aromatic rings. The summed E-state index contributed by atoms with van der Waals surface area (Å²) in [7, 11) is 2.80. The average Bonchev–Trinajstić information content (AvgIpc) is 2.77. The van der Waals surface area contributed by atoms with Crippen molar-refractivity contribution in [3.05, 3.63) is 59.7 Å². The lowest BCUT2D eigenvalue weighted by Crippen LogP contribution is -2.63. The van der Waals surface area contributed by atoms with Crippen LogP contribution in [0.4, 0.5) is 11.4 Å². The van der Waals surface area contributed by atoms with Crippen molar-refractivity contribution >= 4 is 32.6 Å². The van der Waals surface area contributed by atoms with E-state index in [1.165, 1.54) is 0 Å². The molecule has 3 fully saturated rings. The Hall–Kier alpha value is -2.59. The van der Waals surface area contributed by atoms with Gasteiger partial charge in [-0.15, -0.1) is 9.24 Å². The van der Waals surface area contributed by atoms with Crippen molar-refractivity contribution in [1.29, 1.82) is 0 Å². The van der Waals surface area contributed by atoms with Crippen LogP contribution in [0, 0.1) is 10.8 Å². The van der Waals surface area contributed by atoms with Gasteiger partial charge in [0.25, 0.3) is 0 Å². The van der Waals surface area contributed by atoms with Crippen LogP contribution in [0.3, 0.4) is 0 Å². The summed E-state index contributed by atoms with van der Waals surface area (Å²) in [5, 5.41) is 0. The Balaban J connectivity index is 1.63. The second-order valence-electron chi connectivity index (χ2n) is 9.12. The molecule has 3 atom stereocenters. The van der Waals surface area contributed by atoms with Gasteiger partial charge in [0, 0.05) is 22.2 Å². The zero-order valence-corrected chi connectivity index (χ0v) is 18.8. The maximum Gasteiger partial charge on any atom is 0.338 e. The highest BCUT2D eigenvalue weighted by atomic mass is 31.0. The van der Waals surface area contributed by atoms with Crippen molar-refractivity contribution < 1.29 is 19.1 Å². The van der Waals surface area contributed by atoms with E-state index in [2.05, 4.69) is 16.2 Å². The largest absolute Gasteiger partial charge is 0.454 e. The molecule has 3 saturated carbocycles. The normalized spacial score (nSPS) is 29.4. The van der Waals surface area contributed by atoms with Gasteiger partial charge in [0.15, 0.2) is 0 Å². The summed E-state index contributed by atoms with van der Waals surface area (Å²) in [6.45, 7) is 2.13. The van der Waals surface area contributed by atoms with Gasteiger partial charge < -0.3 is 20.9 Å². The van der Waals surface area contributed by atoms with Gasteiger partial charge in [-0.05, 0) is 80.4 Å². The number of benzene rings is 2. The molecule has 3 unspecified atom stereocenters. The Morgan fingerprint density at radius 2 is 1.26 bits per heavy atom. The summed E-state index contributed by atoms with van der Waals surface area (Å²) in [6, 6.07) is 13.3. The molecule has 0 amide bonds. The van der Waals surface area contributed by atoms with E-state index in [0.717, 1.165) is 31.8 Å². The van der Waals surface area contributed by atoms with Crippen molar-refractivity contribution in [3.63, 3.8) is 0 Å². The predicted molar refractivity (Wildman–Crippen MR) is 124 cm³/mol. The average molecular weight is 440 g/mol. The fourth-order valence-corrected chi connectivity index (χ4v) is 5.53. The molecule has 5 rings (SSSR count). The van der Waals surface area contributed by atoms with Crippen LogP contribution in [0.5, 0.6) is 0 Å². The summed E-state index contributed by atoms with van der Waals surface area (Å²) in [5.41, 5.74) is 13.0. The molecule has 0 saturated heterocycles. The molecule has 6 nitrogen and oxygen atoms in total. The van der Waals surface area contributed by atoms with Crippen LogP contribution in [-0.4, -0.2) is 30.3 Å². The third kappa shape index (κ3) is 4.01.